The monoisotopic (exact) mass is 396 g/mol. The summed E-state index contributed by atoms with van der Waals surface area (Å²) in [6.07, 6.45) is 0. The van der Waals surface area contributed by atoms with Gasteiger partial charge in [0, 0.05) is 52.4 Å². The Balaban J connectivity index is 1.36. The summed E-state index contributed by atoms with van der Waals surface area (Å²) in [7, 11) is 3.78. The molecule has 8 heteroatoms. The summed E-state index contributed by atoms with van der Waals surface area (Å²) in [6, 6.07) is 11.8. The number of amides is 1. The van der Waals surface area contributed by atoms with E-state index < -0.39 is 0 Å². The minimum atomic E-state index is -0.0295. The van der Waals surface area contributed by atoms with E-state index in [-0.39, 0.29) is 5.91 Å². The molecule has 0 saturated carbocycles. The lowest BCUT2D eigenvalue weighted by atomic mass is 10.2. The van der Waals surface area contributed by atoms with Crippen molar-refractivity contribution in [1.29, 1.82) is 0 Å². The molecule has 0 atom stereocenters. The zero-order valence-electron chi connectivity index (χ0n) is 17.1. The molecule has 2 aliphatic heterocycles. The number of carbonyl (C=O) groups excluding carboxylic acids is 1. The number of rotatable bonds is 4. The maximum atomic E-state index is 12.6. The van der Waals surface area contributed by atoms with Gasteiger partial charge in [-0.05, 0) is 31.3 Å². The number of likely N-dealkylation sites (N-methyl/N-ethyl adjacent to an activating group) is 1. The van der Waals surface area contributed by atoms with E-state index in [0.29, 0.717) is 5.69 Å². The number of anilines is 2. The smallest absolute Gasteiger partial charge is 0.274 e. The molecule has 0 unspecified atom stereocenters. The van der Waals surface area contributed by atoms with Crippen molar-refractivity contribution in [3.8, 4) is 5.75 Å². The highest BCUT2D eigenvalue weighted by Crippen LogP contribution is 2.28. The van der Waals surface area contributed by atoms with E-state index in [1.807, 2.05) is 29.2 Å². The Morgan fingerprint density at radius 1 is 0.862 bits per heavy atom. The number of ether oxygens (including phenoxy) is 1. The molecule has 2 saturated heterocycles. The van der Waals surface area contributed by atoms with Crippen LogP contribution in [0.25, 0.3) is 0 Å². The zero-order chi connectivity index (χ0) is 20.2. The lowest BCUT2D eigenvalue weighted by molar-refractivity contribution is 0.0657. The maximum Gasteiger partial charge on any atom is 0.274 e. The highest BCUT2D eigenvalue weighted by molar-refractivity contribution is 5.92. The molecule has 4 rings (SSSR count). The number of piperazine rings is 2. The van der Waals surface area contributed by atoms with Crippen molar-refractivity contribution in [2.45, 2.75) is 0 Å². The number of nitrogens with zero attached hydrogens (tertiary/aromatic N) is 6. The number of methoxy groups -OCH3 is 1. The molecule has 2 aromatic rings. The summed E-state index contributed by atoms with van der Waals surface area (Å²) in [4.78, 5) is 21.2. The minimum Gasteiger partial charge on any atom is -0.495 e. The number of para-hydroxylation sites is 2. The number of hydrogen-bond donors (Lipinski definition) is 0. The molecule has 0 radical (unpaired) electrons. The average Bonchev–Trinajstić information content (AvgIpc) is 2.79. The number of benzene rings is 1. The van der Waals surface area contributed by atoms with E-state index in [0.717, 1.165) is 69.6 Å². The van der Waals surface area contributed by atoms with E-state index in [1.165, 1.54) is 0 Å². The Morgan fingerprint density at radius 3 is 2.21 bits per heavy atom. The van der Waals surface area contributed by atoms with Crippen molar-refractivity contribution in [2.24, 2.45) is 0 Å². The summed E-state index contributed by atoms with van der Waals surface area (Å²) in [5, 5.41) is 8.56. The van der Waals surface area contributed by atoms with Crippen LogP contribution in [0.2, 0.25) is 0 Å². The van der Waals surface area contributed by atoms with Crippen LogP contribution in [0.15, 0.2) is 36.4 Å². The molecular formula is C21H28N6O2. The van der Waals surface area contributed by atoms with E-state index in [2.05, 4.69) is 38.0 Å². The van der Waals surface area contributed by atoms with Crippen molar-refractivity contribution in [3.05, 3.63) is 42.1 Å². The molecule has 154 valence electrons. The van der Waals surface area contributed by atoms with Gasteiger partial charge < -0.3 is 24.3 Å². The SMILES string of the molecule is COc1ccccc1N1CCN(c2ccc(C(=O)N3CCN(C)CC3)nn2)CC1. The molecule has 1 aromatic heterocycles. The second-order valence-electron chi connectivity index (χ2n) is 7.52. The third kappa shape index (κ3) is 4.27. The Bertz CT molecular complexity index is 827. The molecule has 0 spiro atoms. The predicted octanol–water partition coefficient (Wildman–Crippen LogP) is 1.20. The lowest BCUT2D eigenvalue weighted by Gasteiger charge is -2.37. The zero-order valence-corrected chi connectivity index (χ0v) is 17.1. The molecule has 0 bridgehead atoms. The minimum absolute atomic E-state index is 0.0295. The molecular weight excluding hydrogens is 368 g/mol. The summed E-state index contributed by atoms with van der Waals surface area (Å²) < 4.78 is 5.49. The maximum absolute atomic E-state index is 12.6. The number of aromatic nitrogens is 2. The topological polar surface area (TPSA) is 65.0 Å². The van der Waals surface area contributed by atoms with Gasteiger partial charge in [0.15, 0.2) is 11.5 Å². The average molecular weight is 396 g/mol. The molecule has 29 heavy (non-hydrogen) atoms. The van der Waals surface area contributed by atoms with Crippen molar-refractivity contribution in [3.63, 3.8) is 0 Å². The van der Waals surface area contributed by atoms with Gasteiger partial charge in [-0.1, -0.05) is 12.1 Å². The Hall–Kier alpha value is -2.87. The second kappa shape index (κ2) is 8.65. The van der Waals surface area contributed by atoms with E-state index in [4.69, 9.17) is 4.74 Å². The Kier molecular flexibility index (Phi) is 5.80. The molecule has 0 N–H and O–H groups in total. The van der Waals surface area contributed by atoms with E-state index in [9.17, 15) is 4.79 Å². The van der Waals surface area contributed by atoms with Crippen LogP contribution < -0.4 is 14.5 Å². The molecule has 1 aromatic carbocycles. The largest absolute Gasteiger partial charge is 0.495 e. The fourth-order valence-corrected chi connectivity index (χ4v) is 3.85. The lowest BCUT2D eigenvalue weighted by Crippen LogP contribution is -2.47. The van der Waals surface area contributed by atoms with Crippen LogP contribution in [0.1, 0.15) is 10.5 Å². The Morgan fingerprint density at radius 2 is 1.55 bits per heavy atom. The van der Waals surface area contributed by atoms with Gasteiger partial charge in [0.2, 0.25) is 0 Å². The van der Waals surface area contributed by atoms with Gasteiger partial charge in [-0.25, -0.2) is 0 Å². The Labute approximate surface area is 171 Å². The number of carbonyl (C=O) groups is 1. The van der Waals surface area contributed by atoms with Gasteiger partial charge >= 0.3 is 0 Å². The summed E-state index contributed by atoms with van der Waals surface area (Å²) in [6.45, 7) is 6.72. The standard InChI is InChI=1S/C21H28N6O2/c1-24-9-11-27(12-10-24)21(28)17-7-8-20(23-22-17)26-15-13-25(14-16-26)18-5-3-4-6-19(18)29-2/h3-8H,9-16H2,1-2H3. The first-order valence-electron chi connectivity index (χ1n) is 10.1. The first-order valence-corrected chi connectivity index (χ1v) is 10.1. The van der Waals surface area contributed by atoms with Crippen LogP contribution in [-0.4, -0.2) is 92.4 Å². The van der Waals surface area contributed by atoms with Crippen molar-refractivity contribution >= 4 is 17.4 Å². The van der Waals surface area contributed by atoms with Crippen molar-refractivity contribution in [2.75, 3.05) is 76.3 Å². The van der Waals surface area contributed by atoms with Crippen molar-refractivity contribution < 1.29 is 9.53 Å². The van der Waals surface area contributed by atoms with Crippen LogP contribution in [0, 0.1) is 0 Å². The normalized spacial score (nSPS) is 18.1. The first-order chi connectivity index (χ1) is 14.2. The molecule has 8 nitrogen and oxygen atoms in total. The summed E-state index contributed by atoms with van der Waals surface area (Å²) >= 11 is 0. The molecule has 2 aliphatic rings. The second-order valence-corrected chi connectivity index (χ2v) is 7.52. The third-order valence-corrected chi connectivity index (χ3v) is 5.69. The molecule has 2 fully saturated rings. The van der Waals surface area contributed by atoms with Gasteiger partial charge in [0.25, 0.3) is 5.91 Å². The fourth-order valence-electron chi connectivity index (χ4n) is 3.85. The van der Waals surface area contributed by atoms with Crippen LogP contribution in [0.4, 0.5) is 11.5 Å². The van der Waals surface area contributed by atoms with Gasteiger partial charge in [-0.3, -0.25) is 4.79 Å². The fraction of sp³-hybridized carbons (Fsp3) is 0.476. The highest BCUT2D eigenvalue weighted by Gasteiger charge is 2.23. The highest BCUT2D eigenvalue weighted by atomic mass is 16.5. The van der Waals surface area contributed by atoms with Gasteiger partial charge in [-0.15, -0.1) is 10.2 Å². The predicted molar refractivity (Wildman–Crippen MR) is 113 cm³/mol. The summed E-state index contributed by atoms with van der Waals surface area (Å²) in [5.74, 6) is 1.69. The van der Waals surface area contributed by atoms with Crippen LogP contribution in [0.5, 0.6) is 5.75 Å². The molecule has 1 amide bonds. The van der Waals surface area contributed by atoms with E-state index >= 15 is 0 Å². The van der Waals surface area contributed by atoms with Crippen LogP contribution in [0.3, 0.4) is 0 Å². The van der Waals surface area contributed by atoms with Crippen LogP contribution in [-0.2, 0) is 0 Å². The molecule has 0 aliphatic carbocycles. The first kappa shape index (κ1) is 19.4. The molecule has 3 heterocycles. The van der Waals surface area contributed by atoms with Crippen LogP contribution >= 0.6 is 0 Å². The van der Waals surface area contributed by atoms with Crippen molar-refractivity contribution in [1.82, 2.24) is 20.0 Å². The van der Waals surface area contributed by atoms with Gasteiger partial charge in [0.1, 0.15) is 5.75 Å². The number of hydrogen-bond acceptors (Lipinski definition) is 7. The third-order valence-electron chi connectivity index (χ3n) is 5.69. The van der Waals surface area contributed by atoms with Gasteiger partial charge in [0.05, 0.1) is 12.8 Å². The van der Waals surface area contributed by atoms with E-state index in [1.54, 1.807) is 13.2 Å². The quantitative estimate of drug-likeness (QED) is 0.769. The summed E-state index contributed by atoms with van der Waals surface area (Å²) in [5.41, 5.74) is 1.54. The van der Waals surface area contributed by atoms with Gasteiger partial charge in [-0.2, -0.15) is 0 Å².